The molecule has 1 aromatic carbocycles. The van der Waals surface area contributed by atoms with Gasteiger partial charge in [0.05, 0.1) is 11.5 Å². The Morgan fingerprint density at radius 1 is 1.33 bits per heavy atom. The molecule has 0 amide bonds. The van der Waals surface area contributed by atoms with Gasteiger partial charge in [0, 0.05) is 24.9 Å². The summed E-state index contributed by atoms with van der Waals surface area (Å²) >= 11 is 0. The molecule has 2 aromatic rings. The Hall–Kier alpha value is -2.70. The summed E-state index contributed by atoms with van der Waals surface area (Å²) in [5.41, 5.74) is 1.60. The van der Waals surface area contributed by atoms with E-state index in [9.17, 15) is 14.9 Å². The van der Waals surface area contributed by atoms with Crippen molar-refractivity contribution in [2.45, 2.75) is 20.4 Å². The molecular formula is C14H16N4O3. The maximum atomic E-state index is 12.0. The molecular weight excluding hydrogens is 272 g/mol. The van der Waals surface area contributed by atoms with Gasteiger partial charge in [0.25, 0.3) is 11.2 Å². The number of aromatic nitrogens is 2. The van der Waals surface area contributed by atoms with Gasteiger partial charge in [-0.05, 0) is 25.5 Å². The SMILES string of the molecule is CNc1ccc(Cn2c(C)nc(C)cc2=O)cc1[N+](=O)[O-]. The first-order valence-electron chi connectivity index (χ1n) is 6.42. The first-order valence-corrected chi connectivity index (χ1v) is 6.42. The molecule has 7 heteroatoms. The second-order valence-electron chi connectivity index (χ2n) is 4.73. The maximum absolute atomic E-state index is 12.0. The van der Waals surface area contributed by atoms with Crippen LogP contribution in [0.15, 0.2) is 29.1 Å². The molecule has 0 aliphatic carbocycles. The van der Waals surface area contributed by atoms with Crippen molar-refractivity contribution in [3.8, 4) is 0 Å². The highest BCUT2D eigenvalue weighted by atomic mass is 16.6. The topological polar surface area (TPSA) is 90.1 Å². The predicted octanol–water partition coefficient (Wildman–Crippen LogP) is 1.86. The number of nitrogens with zero attached hydrogens (tertiary/aromatic N) is 3. The van der Waals surface area contributed by atoms with E-state index in [-0.39, 0.29) is 17.8 Å². The zero-order chi connectivity index (χ0) is 15.6. The number of hydrogen-bond donors (Lipinski definition) is 1. The van der Waals surface area contributed by atoms with Gasteiger partial charge in [-0.25, -0.2) is 4.98 Å². The molecule has 2 rings (SSSR count). The number of nitrogens with one attached hydrogen (secondary N) is 1. The van der Waals surface area contributed by atoms with Crippen molar-refractivity contribution in [2.24, 2.45) is 0 Å². The molecule has 1 heterocycles. The molecule has 21 heavy (non-hydrogen) atoms. The fourth-order valence-corrected chi connectivity index (χ4v) is 2.18. The number of nitro benzene ring substituents is 1. The summed E-state index contributed by atoms with van der Waals surface area (Å²) in [6, 6.07) is 6.31. The third-order valence-electron chi connectivity index (χ3n) is 3.20. The van der Waals surface area contributed by atoms with Gasteiger partial charge < -0.3 is 5.32 Å². The molecule has 0 spiro atoms. The van der Waals surface area contributed by atoms with Crippen LogP contribution in [0, 0.1) is 24.0 Å². The van der Waals surface area contributed by atoms with Crippen molar-refractivity contribution in [2.75, 3.05) is 12.4 Å². The highest BCUT2D eigenvalue weighted by molar-refractivity contribution is 5.62. The molecule has 0 atom stereocenters. The molecule has 0 saturated heterocycles. The summed E-state index contributed by atoms with van der Waals surface area (Å²) in [5.74, 6) is 0.584. The third kappa shape index (κ3) is 3.07. The minimum Gasteiger partial charge on any atom is -0.383 e. The van der Waals surface area contributed by atoms with Gasteiger partial charge in [-0.1, -0.05) is 6.07 Å². The number of hydrogen-bond acceptors (Lipinski definition) is 5. The number of aryl methyl sites for hydroxylation is 2. The molecule has 0 radical (unpaired) electrons. The fraction of sp³-hybridized carbons (Fsp3) is 0.286. The Labute approximate surface area is 121 Å². The van der Waals surface area contributed by atoms with Crippen LogP contribution in [0.5, 0.6) is 0 Å². The molecule has 1 N–H and O–H groups in total. The van der Waals surface area contributed by atoms with Crippen LogP contribution in [0.3, 0.4) is 0 Å². The van der Waals surface area contributed by atoms with Gasteiger partial charge in [0.2, 0.25) is 0 Å². The minimum absolute atomic E-state index is 0.0132. The van der Waals surface area contributed by atoms with Crippen molar-refractivity contribution in [3.63, 3.8) is 0 Å². The summed E-state index contributed by atoms with van der Waals surface area (Å²) in [5, 5.41) is 13.8. The van der Waals surface area contributed by atoms with Crippen molar-refractivity contribution >= 4 is 11.4 Å². The smallest absolute Gasteiger partial charge is 0.292 e. The van der Waals surface area contributed by atoms with Gasteiger partial charge in [-0.2, -0.15) is 0 Å². The van der Waals surface area contributed by atoms with E-state index in [2.05, 4.69) is 10.3 Å². The number of anilines is 1. The molecule has 110 valence electrons. The van der Waals surface area contributed by atoms with Crippen LogP contribution in [0.25, 0.3) is 0 Å². The lowest BCUT2D eigenvalue weighted by Gasteiger charge is -2.10. The van der Waals surface area contributed by atoms with Crippen LogP contribution in [-0.2, 0) is 6.54 Å². The van der Waals surface area contributed by atoms with E-state index in [0.717, 1.165) is 0 Å². The minimum atomic E-state index is -0.446. The van der Waals surface area contributed by atoms with Crippen LogP contribution in [0.4, 0.5) is 11.4 Å². The van der Waals surface area contributed by atoms with Gasteiger partial charge in [0.1, 0.15) is 11.5 Å². The normalized spacial score (nSPS) is 10.4. The number of rotatable bonds is 4. The predicted molar refractivity (Wildman–Crippen MR) is 79.7 cm³/mol. The van der Waals surface area contributed by atoms with Crippen molar-refractivity contribution < 1.29 is 4.92 Å². The molecule has 0 aliphatic rings. The summed E-state index contributed by atoms with van der Waals surface area (Å²) in [4.78, 5) is 26.8. The van der Waals surface area contributed by atoms with E-state index in [1.165, 1.54) is 16.7 Å². The zero-order valence-corrected chi connectivity index (χ0v) is 12.1. The number of benzene rings is 1. The molecule has 0 fully saturated rings. The lowest BCUT2D eigenvalue weighted by molar-refractivity contribution is -0.384. The Kier molecular flexibility index (Phi) is 4.02. The van der Waals surface area contributed by atoms with Crippen LogP contribution in [-0.4, -0.2) is 21.5 Å². The summed E-state index contributed by atoms with van der Waals surface area (Å²) in [6.07, 6.45) is 0. The molecule has 7 nitrogen and oxygen atoms in total. The highest BCUT2D eigenvalue weighted by Crippen LogP contribution is 2.25. The largest absolute Gasteiger partial charge is 0.383 e. The van der Waals surface area contributed by atoms with Crippen molar-refractivity contribution in [1.29, 1.82) is 0 Å². The van der Waals surface area contributed by atoms with E-state index in [1.807, 2.05) is 0 Å². The molecule has 0 unspecified atom stereocenters. The summed E-state index contributed by atoms with van der Waals surface area (Å²) in [6.45, 7) is 3.75. The van der Waals surface area contributed by atoms with Crippen molar-refractivity contribution in [3.05, 3.63) is 61.8 Å². The summed E-state index contributed by atoms with van der Waals surface area (Å²) in [7, 11) is 1.63. The lowest BCUT2D eigenvalue weighted by atomic mass is 10.1. The second-order valence-corrected chi connectivity index (χ2v) is 4.73. The summed E-state index contributed by atoms with van der Waals surface area (Å²) < 4.78 is 1.49. The molecule has 1 aromatic heterocycles. The third-order valence-corrected chi connectivity index (χ3v) is 3.20. The Morgan fingerprint density at radius 3 is 2.62 bits per heavy atom. The van der Waals surface area contributed by atoms with Gasteiger partial charge in [0.15, 0.2) is 0 Å². The quantitative estimate of drug-likeness (QED) is 0.685. The number of nitro groups is 1. The van der Waals surface area contributed by atoms with Crippen molar-refractivity contribution in [1.82, 2.24) is 9.55 Å². The molecule has 0 bridgehead atoms. The first kappa shape index (κ1) is 14.7. The second kappa shape index (κ2) is 5.74. The van der Waals surface area contributed by atoms with Crippen LogP contribution in [0.1, 0.15) is 17.1 Å². The average Bonchev–Trinajstić information content (AvgIpc) is 2.42. The Bertz CT molecular complexity index is 752. The zero-order valence-electron chi connectivity index (χ0n) is 12.1. The average molecular weight is 288 g/mol. The van der Waals surface area contributed by atoms with Gasteiger partial charge in [-0.3, -0.25) is 19.5 Å². The monoisotopic (exact) mass is 288 g/mol. The first-order chi connectivity index (χ1) is 9.92. The van der Waals surface area contributed by atoms with E-state index in [4.69, 9.17) is 0 Å². The van der Waals surface area contributed by atoms with Crippen LogP contribution >= 0.6 is 0 Å². The standard InChI is InChI=1S/C14H16N4O3/c1-9-6-14(19)17(10(2)16-9)8-11-4-5-12(15-3)13(7-11)18(20)21/h4-7,15H,8H2,1-3H3. The van der Waals surface area contributed by atoms with Gasteiger partial charge in [-0.15, -0.1) is 0 Å². The Balaban J connectivity index is 2.43. The lowest BCUT2D eigenvalue weighted by Crippen LogP contribution is -2.24. The van der Waals surface area contributed by atoms with Crippen LogP contribution in [0.2, 0.25) is 0 Å². The maximum Gasteiger partial charge on any atom is 0.292 e. The van der Waals surface area contributed by atoms with Gasteiger partial charge >= 0.3 is 0 Å². The van der Waals surface area contributed by atoms with E-state index < -0.39 is 4.92 Å². The van der Waals surface area contributed by atoms with E-state index in [1.54, 1.807) is 33.0 Å². The van der Waals surface area contributed by atoms with E-state index >= 15 is 0 Å². The fourth-order valence-electron chi connectivity index (χ4n) is 2.18. The molecule has 0 saturated carbocycles. The van der Waals surface area contributed by atoms with Crippen LogP contribution < -0.4 is 10.9 Å². The molecule has 0 aliphatic heterocycles. The van der Waals surface area contributed by atoms with E-state index in [0.29, 0.717) is 22.8 Å². The highest BCUT2D eigenvalue weighted by Gasteiger charge is 2.14. The Morgan fingerprint density at radius 2 is 2.05 bits per heavy atom.